The topological polar surface area (TPSA) is 159 Å². The van der Waals surface area contributed by atoms with Gasteiger partial charge in [0.25, 0.3) is 0 Å². The molecule has 0 bridgehead atoms. The lowest BCUT2D eigenvalue weighted by atomic mass is 10.1. The van der Waals surface area contributed by atoms with E-state index in [1.165, 1.54) is 30.3 Å². The first-order valence-electron chi connectivity index (χ1n) is 6.19. The summed E-state index contributed by atoms with van der Waals surface area (Å²) in [6.07, 6.45) is 0. The predicted molar refractivity (Wildman–Crippen MR) is 80.3 cm³/mol. The Balaban J connectivity index is 2.46. The average Bonchev–Trinajstić information content (AvgIpc) is 2.46. The standard InChI is InChI=1S/C14H11N3O6/c15-8-4-2-6-10(11(8)13(18)19)23-14(20)7-3-1-5-9(16)12(7)17(21)22/h1-6H,15-16H2,(H,18,19). The second-order valence-electron chi connectivity index (χ2n) is 4.42. The summed E-state index contributed by atoms with van der Waals surface area (Å²) in [5, 5.41) is 20.1. The van der Waals surface area contributed by atoms with E-state index in [1.54, 1.807) is 0 Å². The number of hydrogen-bond acceptors (Lipinski definition) is 7. The third kappa shape index (κ3) is 3.02. The van der Waals surface area contributed by atoms with Gasteiger partial charge in [0.1, 0.15) is 22.6 Å². The zero-order valence-corrected chi connectivity index (χ0v) is 11.6. The zero-order chi connectivity index (χ0) is 17.1. The molecule has 0 aromatic heterocycles. The Bertz CT molecular complexity index is 818. The summed E-state index contributed by atoms with van der Waals surface area (Å²) in [6, 6.07) is 7.69. The van der Waals surface area contributed by atoms with Gasteiger partial charge in [-0.2, -0.15) is 0 Å². The van der Waals surface area contributed by atoms with Gasteiger partial charge >= 0.3 is 17.6 Å². The van der Waals surface area contributed by atoms with E-state index in [-0.39, 0.29) is 17.1 Å². The fraction of sp³-hybridized carbons (Fsp3) is 0. The number of nitrogens with two attached hydrogens (primary N) is 2. The van der Waals surface area contributed by atoms with Crippen molar-refractivity contribution < 1.29 is 24.4 Å². The van der Waals surface area contributed by atoms with Gasteiger partial charge < -0.3 is 21.3 Å². The number of hydrogen-bond donors (Lipinski definition) is 3. The van der Waals surface area contributed by atoms with Gasteiger partial charge in [0.2, 0.25) is 0 Å². The van der Waals surface area contributed by atoms with Crippen molar-refractivity contribution in [2.24, 2.45) is 0 Å². The molecule has 0 heterocycles. The van der Waals surface area contributed by atoms with Gasteiger partial charge in [-0.1, -0.05) is 12.1 Å². The number of rotatable bonds is 4. The number of carboxylic acid groups (broad SMARTS) is 1. The van der Waals surface area contributed by atoms with Crippen molar-refractivity contribution >= 4 is 29.0 Å². The Morgan fingerprint density at radius 1 is 1.09 bits per heavy atom. The van der Waals surface area contributed by atoms with Crippen LogP contribution in [0.25, 0.3) is 0 Å². The van der Waals surface area contributed by atoms with Crippen LogP contribution in [-0.2, 0) is 0 Å². The molecular formula is C14H11N3O6. The minimum absolute atomic E-state index is 0.107. The van der Waals surface area contributed by atoms with Crippen LogP contribution in [-0.4, -0.2) is 22.0 Å². The first kappa shape index (κ1) is 15.8. The number of esters is 1. The molecule has 2 aromatic carbocycles. The second-order valence-corrected chi connectivity index (χ2v) is 4.42. The number of para-hydroxylation sites is 1. The third-order valence-electron chi connectivity index (χ3n) is 2.94. The number of carbonyl (C=O) groups excluding carboxylic acids is 1. The van der Waals surface area contributed by atoms with Crippen LogP contribution in [0.1, 0.15) is 20.7 Å². The highest BCUT2D eigenvalue weighted by molar-refractivity contribution is 6.01. The Hall–Kier alpha value is -3.62. The van der Waals surface area contributed by atoms with Crippen molar-refractivity contribution in [2.75, 3.05) is 11.5 Å². The fourth-order valence-electron chi connectivity index (χ4n) is 1.95. The molecule has 0 fully saturated rings. The van der Waals surface area contributed by atoms with E-state index in [1.807, 2.05) is 0 Å². The number of benzene rings is 2. The summed E-state index contributed by atoms with van der Waals surface area (Å²) < 4.78 is 4.96. The van der Waals surface area contributed by atoms with Gasteiger partial charge in [-0.05, 0) is 24.3 Å². The SMILES string of the molecule is Nc1cccc(OC(=O)c2cccc(N)c2[N+](=O)[O-])c1C(=O)O. The van der Waals surface area contributed by atoms with E-state index in [0.717, 1.165) is 6.07 Å². The van der Waals surface area contributed by atoms with Crippen molar-refractivity contribution in [1.29, 1.82) is 0 Å². The lowest BCUT2D eigenvalue weighted by Gasteiger charge is -2.10. The molecule has 0 aliphatic rings. The molecule has 118 valence electrons. The minimum atomic E-state index is -1.40. The summed E-state index contributed by atoms with van der Waals surface area (Å²) in [5.74, 6) is -2.83. The molecule has 0 unspecified atom stereocenters. The quantitative estimate of drug-likeness (QED) is 0.252. The predicted octanol–water partition coefficient (Wildman–Crippen LogP) is 1.68. The molecule has 2 aromatic rings. The second kappa shape index (κ2) is 6.02. The van der Waals surface area contributed by atoms with Crippen molar-refractivity contribution in [3.8, 4) is 5.75 Å². The smallest absolute Gasteiger partial charge is 0.350 e. The number of nitro groups is 1. The van der Waals surface area contributed by atoms with Crippen LogP contribution >= 0.6 is 0 Å². The molecule has 0 aliphatic heterocycles. The van der Waals surface area contributed by atoms with Crippen LogP contribution in [0.15, 0.2) is 36.4 Å². The molecule has 0 radical (unpaired) electrons. The lowest BCUT2D eigenvalue weighted by Crippen LogP contribution is -2.15. The third-order valence-corrected chi connectivity index (χ3v) is 2.94. The Kier molecular flexibility index (Phi) is 4.12. The van der Waals surface area contributed by atoms with Gasteiger partial charge in [0, 0.05) is 5.69 Å². The van der Waals surface area contributed by atoms with E-state index in [2.05, 4.69) is 0 Å². The Labute approximate surface area is 129 Å². The summed E-state index contributed by atoms with van der Waals surface area (Å²) in [5.41, 5.74) is 9.29. The van der Waals surface area contributed by atoms with Gasteiger partial charge in [-0.3, -0.25) is 10.1 Å². The molecule has 0 atom stereocenters. The molecule has 0 saturated heterocycles. The monoisotopic (exact) mass is 317 g/mol. The maximum Gasteiger partial charge on any atom is 0.350 e. The number of carboxylic acids is 1. The van der Waals surface area contributed by atoms with Crippen molar-refractivity contribution in [2.45, 2.75) is 0 Å². The van der Waals surface area contributed by atoms with Gasteiger partial charge in [-0.25, -0.2) is 9.59 Å². The molecule has 23 heavy (non-hydrogen) atoms. The van der Waals surface area contributed by atoms with Crippen molar-refractivity contribution in [1.82, 2.24) is 0 Å². The van der Waals surface area contributed by atoms with Gasteiger partial charge in [-0.15, -0.1) is 0 Å². The maximum absolute atomic E-state index is 12.2. The molecule has 5 N–H and O–H groups in total. The maximum atomic E-state index is 12.2. The Morgan fingerprint density at radius 2 is 1.70 bits per heavy atom. The summed E-state index contributed by atoms with van der Waals surface area (Å²) in [6.45, 7) is 0. The van der Waals surface area contributed by atoms with Crippen molar-refractivity contribution in [3.05, 3.63) is 57.6 Å². The molecular weight excluding hydrogens is 306 g/mol. The van der Waals surface area contributed by atoms with Crippen LogP contribution < -0.4 is 16.2 Å². The zero-order valence-electron chi connectivity index (χ0n) is 11.6. The number of carbonyl (C=O) groups is 2. The lowest BCUT2D eigenvalue weighted by molar-refractivity contribution is -0.384. The van der Waals surface area contributed by atoms with Crippen LogP contribution in [0.3, 0.4) is 0 Å². The molecule has 2 rings (SSSR count). The number of nitro benzene ring substituents is 1. The number of nitrogens with zero attached hydrogens (tertiary/aromatic N) is 1. The van der Waals surface area contributed by atoms with E-state index >= 15 is 0 Å². The average molecular weight is 317 g/mol. The summed E-state index contributed by atoms with van der Waals surface area (Å²) in [7, 11) is 0. The Morgan fingerprint density at radius 3 is 2.30 bits per heavy atom. The van der Waals surface area contributed by atoms with Crippen LogP contribution in [0.5, 0.6) is 5.75 Å². The number of ether oxygens (including phenoxy) is 1. The molecule has 0 spiro atoms. The fourth-order valence-corrected chi connectivity index (χ4v) is 1.95. The van der Waals surface area contributed by atoms with Crippen LogP contribution in [0, 0.1) is 10.1 Å². The number of anilines is 2. The van der Waals surface area contributed by atoms with E-state index in [9.17, 15) is 19.7 Å². The highest BCUT2D eigenvalue weighted by Gasteiger charge is 2.26. The molecule has 9 heteroatoms. The highest BCUT2D eigenvalue weighted by atomic mass is 16.6. The number of nitrogen functional groups attached to an aromatic ring is 2. The van der Waals surface area contributed by atoms with E-state index in [4.69, 9.17) is 21.3 Å². The molecule has 9 nitrogen and oxygen atoms in total. The normalized spacial score (nSPS) is 10.1. The molecule has 0 amide bonds. The van der Waals surface area contributed by atoms with Gasteiger partial charge in [0.15, 0.2) is 0 Å². The largest absolute Gasteiger partial charge is 0.477 e. The number of aromatic carboxylic acids is 1. The van der Waals surface area contributed by atoms with E-state index < -0.39 is 33.7 Å². The van der Waals surface area contributed by atoms with Crippen molar-refractivity contribution in [3.63, 3.8) is 0 Å². The summed E-state index contributed by atoms with van der Waals surface area (Å²) in [4.78, 5) is 33.6. The minimum Gasteiger partial charge on any atom is -0.477 e. The summed E-state index contributed by atoms with van der Waals surface area (Å²) >= 11 is 0. The first-order valence-corrected chi connectivity index (χ1v) is 6.19. The van der Waals surface area contributed by atoms with Gasteiger partial charge in [0.05, 0.1) is 4.92 Å². The highest BCUT2D eigenvalue weighted by Crippen LogP contribution is 2.29. The van der Waals surface area contributed by atoms with E-state index in [0.29, 0.717) is 0 Å². The molecule has 0 saturated carbocycles. The molecule has 0 aliphatic carbocycles. The van der Waals surface area contributed by atoms with Crippen LogP contribution in [0.2, 0.25) is 0 Å². The first-order chi connectivity index (χ1) is 10.8. The van der Waals surface area contributed by atoms with Crippen LogP contribution in [0.4, 0.5) is 17.1 Å².